The first-order valence-electron chi connectivity index (χ1n) is 11.0. The van der Waals surface area contributed by atoms with Crippen LogP contribution in [-0.2, 0) is 11.2 Å². The van der Waals surface area contributed by atoms with E-state index in [1.165, 1.54) is 15.6 Å². The molecule has 5 rings (SSSR count). The molecule has 0 bridgehead atoms. The first-order valence-corrected chi connectivity index (χ1v) is 11.8. The van der Waals surface area contributed by atoms with Gasteiger partial charge in [-0.15, -0.1) is 11.3 Å². The number of nitrogens with zero attached hydrogens (tertiary/aromatic N) is 2. The van der Waals surface area contributed by atoms with Gasteiger partial charge in [0.15, 0.2) is 0 Å². The number of para-hydroxylation sites is 1. The lowest BCUT2D eigenvalue weighted by molar-refractivity contribution is -0.132. The van der Waals surface area contributed by atoms with E-state index in [0.29, 0.717) is 12.3 Å². The Bertz CT molecular complexity index is 1170. The molecule has 2 aromatic heterocycles. The molecular weight excluding hydrogens is 406 g/mol. The highest BCUT2D eigenvalue weighted by Crippen LogP contribution is 2.35. The second kappa shape index (κ2) is 8.71. The summed E-state index contributed by atoms with van der Waals surface area (Å²) in [6.45, 7) is 1.67. The van der Waals surface area contributed by atoms with Crippen molar-refractivity contribution in [2.45, 2.75) is 38.0 Å². The molecule has 1 aliphatic rings. The molecule has 1 saturated heterocycles. The van der Waals surface area contributed by atoms with Crippen LogP contribution in [0.15, 0.2) is 48.7 Å². The molecular formula is C25H27N3O2S. The number of nitrogens with one attached hydrogen (secondary N) is 1. The molecule has 0 spiro atoms. The summed E-state index contributed by atoms with van der Waals surface area (Å²) in [5.41, 5.74) is 3.55. The van der Waals surface area contributed by atoms with Crippen molar-refractivity contribution < 1.29 is 9.53 Å². The maximum Gasteiger partial charge on any atom is 0.222 e. The van der Waals surface area contributed by atoms with Gasteiger partial charge in [-0.25, -0.2) is 4.98 Å². The Kier molecular flexibility index (Phi) is 5.64. The van der Waals surface area contributed by atoms with E-state index >= 15 is 0 Å². The van der Waals surface area contributed by atoms with Crippen LogP contribution in [0.4, 0.5) is 0 Å². The van der Waals surface area contributed by atoms with E-state index in [9.17, 15) is 4.79 Å². The Morgan fingerprint density at radius 2 is 2.06 bits per heavy atom. The van der Waals surface area contributed by atoms with Gasteiger partial charge in [-0.2, -0.15) is 0 Å². The number of thiazole rings is 1. The summed E-state index contributed by atoms with van der Waals surface area (Å²) >= 11 is 1.74. The highest BCUT2D eigenvalue weighted by atomic mass is 32.1. The second-order valence-electron chi connectivity index (χ2n) is 8.24. The highest BCUT2D eigenvalue weighted by Gasteiger charge is 2.25. The standard InChI is InChI=1S/C25H27N3O2S/c1-30-18-9-10-21-19(15-18)20(16-26-21)17-11-13-28(14-12-17)25(29)8-4-7-24-27-22-5-2-3-6-23(22)31-24/h2-3,5-6,9-10,15-17,26H,4,7-8,11-14H2,1H3. The first-order chi connectivity index (χ1) is 15.2. The van der Waals surface area contributed by atoms with Crippen molar-refractivity contribution in [3.05, 3.63) is 59.2 Å². The lowest BCUT2D eigenvalue weighted by Gasteiger charge is -2.32. The lowest BCUT2D eigenvalue weighted by Crippen LogP contribution is -2.37. The van der Waals surface area contributed by atoms with Crippen molar-refractivity contribution in [2.75, 3.05) is 20.2 Å². The number of ether oxygens (including phenoxy) is 1. The zero-order valence-electron chi connectivity index (χ0n) is 17.8. The minimum atomic E-state index is 0.278. The van der Waals surface area contributed by atoms with Gasteiger partial charge in [0.1, 0.15) is 5.75 Å². The Labute approximate surface area is 186 Å². The van der Waals surface area contributed by atoms with Crippen molar-refractivity contribution in [1.29, 1.82) is 0 Å². The van der Waals surface area contributed by atoms with Gasteiger partial charge in [0.05, 0.1) is 22.3 Å². The molecule has 1 fully saturated rings. The van der Waals surface area contributed by atoms with Gasteiger partial charge in [0.2, 0.25) is 5.91 Å². The number of hydrogen-bond acceptors (Lipinski definition) is 4. The van der Waals surface area contributed by atoms with E-state index in [0.717, 1.165) is 60.6 Å². The monoisotopic (exact) mass is 433 g/mol. The number of H-pyrrole nitrogens is 1. The number of carbonyl (C=O) groups excluding carboxylic acids is 1. The molecule has 0 atom stereocenters. The van der Waals surface area contributed by atoms with Crippen LogP contribution in [0.2, 0.25) is 0 Å². The van der Waals surface area contributed by atoms with E-state index in [1.807, 2.05) is 23.1 Å². The van der Waals surface area contributed by atoms with E-state index < -0.39 is 0 Å². The summed E-state index contributed by atoms with van der Waals surface area (Å²) in [7, 11) is 1.70. The second-order valence-corrected chi connectivity index (χ2v) is 9.35. The number of hydrogen-bond donors (Lipinski definition) is 1. The fourth-order valence-electron chi connectivity index (χ4n) is 4.60. The summed E-state index contributed by atoms with van der Waals surface area (Å²) in [5, 5.41) is 2.36. The van der Waals surface area contributed by atoms with E-state index in [2.05, 4.69) is 40.4 Å². The molecule has 0 saturated carbocycles. The number of aromatic amines is 1. The van der Waals surface area contributed by atoms with Crippen molar-refractivity contribution >= 4 is 38.4 Å². The minimum Gasteiger partial charge on any atom is -0.497 e. The molecule has 1 N–H and O–H groups in total. The predicted molar refractivity (Wildman–Crippen MR) is 126 cm³/mol. The summed E-state index contributed by atoms with van der Waals surface area (Å²) in [5.74, 6) is 1.64. The Morgan fingerprint density at radius 1 is 1.23 bits per heavy atom. The Hall–Kier alpha value is -2.86. The normalized spacial score (nSPS) is 15.1. The molecule has 31 heavy (non-hydrogen) atoms. The first kappa shape index (κ1) is 20.1. The summed E-state index contributed by atoms with van der Waals surface area (Å²) in [6.07, 6.45) is 6.48. The zero-order chi connectivity index (χ0) is 21.2. The van der Waals surface area contributed by atoms with Crippen molar-refractivity contribution in [2.24, 2.45) is 0 Å². The van der Waals surface area contributed by atoms with Crippen LogP contribution >= 0.6 is 11.3 Å². The highest BCUT2D eigenvalue weighted by molar-refractivity contribution is 7.18. The number of benzene rings is 2. The number of likely N-dealkylation sites (tertiary alicyclic amines) is 1. The number of piperidine rings is 1. The number of rotatable bonds is 6. The number of fused-ring (bicyclic) bond motifs is 2. The van der Waals surface area contributed by atoms with Crippen molar-refractivity contribution in [1.82, 2.24) is 14.9 Å². The van der Waals surface area contributed by atoms with Crippen LogP contribution in [0.5, 0.6) is 5.75 Å². The topological polar surface area (TPSA) is 58.2 Å². The van der Waals surface area contributed by atoms with E-state index in [1.54, 1.807) is 18.4 Å². The zero-order valence-corrected chi connectivity index (χ0v) is 18.6. The smallest absolute Gasteiger partial charge is 0.222 e. The van der Waals surface area contributed by atoms with Crippen LogP contribution in [0.1, 0.15) is 42.2 Å². The lowest BCUT2D eigenvalue weighted by atomic mass is 9.89. The fraction of sp³-hybridized carbons (Fsp3) is 0.360. The quantitative estimate of drug-likeness (QED) is 0.436. The van der Waals surface area contributed by atoms with Crippen LogP contribution in [0.25, 0.3) is 21.1 Å². The number of aromatic nitrogens is 2. The molecule has 0 aliphatic carbocycles. The third kappa shape index (κ3) is 4.17. The van der Waals surface area contributed by atoms with Gasteiger partial charge >= 0.3 is 0 Å². The summed E-state index contributed by atoms with van der Waals surface area (Å²) in [4.78, 5) is 22.8. The Morgan fingerprint density at radius 3 is 2.87 bits per heavy atom. The maximum atomic E-state index is 12.7. The van der Waals surface area contributed by atoms with Crippen molar-refractivity contribution in [3.63, 3.8) is 0 Å². The van der Waals surface area contributed by atoms with Crippen LogP contribution in [0, 0.1) is 0 Å². The number of carbonyl (C=O) groups is 1. The molecule has 0 radical (unpaired) electrons. The minimum absolute atomic E-state index is 0.278. The number of aryl methyl sites for hydroxylation is 1. The van der Waals surface area contributed by atoms with E-state index in [4.69, 9.17) is 4.74 Å². The Balaban J connectivity index is 1.14. The number of methoxy groups -OCH3 is 1. The van der Waals surface area contributed by atoms with Gasteiger partial charge in [-0.3, -0.25) is 4.79 Å². The third-order valence-corrected chi connectivity index (χ3v) is 7.42. The molecule has 1 aliphatic heterocycles. The molecule has 3 heterocycles. The maximum absolute atomic E-state index is 12.7. The van der Waals surface area contributed by atoms with Crippen LogP contribution in [-0.4, -0.2) is 41.0 Å². The van der Waals surface area contributed by atoms with Gasteiger partial charge in [0.25, 0.3) is 0 Å². The van der Waals surface area contributed by atoms with E-state index in [-0.39, 0.29) is 5.91 Å². The SMILES string of the molecule is COc1ccc2[nH]cc(C3CCN(C(=O)CCCc4nc5ccccc5s4)CC3)c2c1. The fourth-order valence-corrected chi connectivity index (χ4v) is 5.61. The van der Waals surface area contributed by atoms with Crippen LogP contribution in [0.3, 0.4) is 0 Å². The largest absolute Gasteiger partial charge is 0.497 e. The molecule has 0 unspecified atom stereocenters. The summed E-state index contributed by atoms with van der Waals surface area (Å²) in [6, 6.07) is 14.4. The van der Waals surface area contributed by atoms with Gasteiger partial charge in [-0.05, 0) is 67.5 Å². The average molecular weight is 434 g/mol. The number of amides is 1. The van der Waals surface area contributed by atoms with Gasteiger partial charge < -0.3 is 14.6 Å². The molecule has 4 aromatic rings. The predicted octanol–water partition coefficient (Wildman–Crippen LogP) is 5.52. The average Bonchev–Trinajstić information content (AvgIpc) is 3.42. The van der Waals surface area contributed by atoms with Gasteiger partial charge in [0, 0.05) is 36.6 Å². The van der Waals surface area contributed by atoms with Crippen LogP contribution < -0.4 is 4.74 Å². The van der Waals surface area contributed by atoms with Crippen molar-refractivity contribution in [3.8, 4) is 5.75 Å². The summed E-state index contributed by atoms with van der Waals surface area (Å²) < 4.78 is 6.62. The molecule has 2 aromatic carbocycles. The molecule has 5 nitrogen and oxygen atoms in total. The van der Waals surface area contributed by atoms with Gasteiger partial charge in [-0.1, -0.05) is 12.1 Å². The molecule has 1 amide bonds. The molecule has 6 heteroatoms. The molecule has 160 valence electrons. The third-order valence-electron chi connectivity index (χ3n) is 6.33.